The maximum absolute atomic E-state index is 2.19. The van der Waals surface area contributed by atoms with Crippen molar-refractivity contribution in [3.63, 3.8) is 0 Å². The van der Waals surface area contributed by atoms with E-state index in [0.717, 1.165) is 0 Å². The smallest absolute Gasteiger partial charge is 0.0184 e. The highest BCUT2D eigenvalue weighted by Gasteiger charge is 2.03. The van der Waals surface area contributed by atoms with E-state index in [0.29, 0.717) is 0 Å². The Morgan fingerprint density at radius 2 is 0.189 bits per heavy atom. The molecule has 0 nitrogen and oxygen atoms in total. The summed E-state index contributed by atoms with van der Waals surface area (Å²) in [5, 5.41) is 0. The Hall–Kier alpha value is -11.7. The standard InChI is InChI=1S/C24H18.C22H18.C18H14.C14H12.C12H10/c1-3-7-19(8-4-1)21-11-15-23(16-12-21)24-17-13-22(14-18-24)20-9-5-2-6-10-20;1-3-7-19(8-4-1)11-13-21-15-17-22(18-16-21)14-12-20-9-5-2-6-10-20;1-3-7-15(8-4-1)17-11-13-18(14-12-17)16-9-5-2-6-10-16;1-3-7-13(8-4-1)11-12-14-9-5-2-6-10-14;1-3-7-11(8-4-1)12-9-5-2-6-10-12/h1-18H;1-18H;1-14H;1-12H;1-10H. The monoisotopic (exact) mass is 1150 g/mol. The lowest BCUT2D eigenvalue weighted by Gasteiger charge is -2.07. The highest BCUT2D eigenvalue weighted by Crippen LogP contribution is 2.29. The van der Waals surface area contributed by atoms with Gasteiger partial charge in [-0.2, -0.15) is 0 Å². The number of hydrogen-bond acceptors (Lipinski definition) is 0. The van der Waals surface area contributed by atoms with Crippen molar-refractivity contribution in [3.8, 4) is 66.8 Å². The zero-order valence-corrected chi connectivity index (χ0v) is 50.6. The van der Waals surface area contributed by atoms with Gasteiger partial charge in [0.25, 0.3) is 0 Å². The molecule has 0 unspecified atom stereocenters. The van der Waals surface area contributed by atoms with E-state index in [4.69, 9.17) is 0 Å². The number of rotatable bonds is 12. The SMILES string of the molecule is C(=Cc1ccc(C=Cc2ccccc2)cc1)c1ccccc1.C(=Cc1ccccc1)c1ccccc1.c1ccc(-c2ccc(-c3ccc(-c4ccccc4)cc3)cc2)cc1.c1ccc(-c2ccc(-c3ccccc3)cc2)cc1.c1ccc(-c2ccccc2)cc1. The van der Waals surface area contributed by atoms with E-state index in [2.05, 4.69) is 352 Å². The van der Waals surface area contributed by atoms with Gasteiger partial charge in [-0.25, -0.2) is 0 Å². The van der Waals surface area contributed by atoms with Crippen LogP contribution in [0.15, 0.2) is 400 Å². The van der Waals surface area contributed by atoms with Gasteiger partial charge >= 0.3 is 0 Å². The molecule has 0 fully saturated rings. The van der Waals surface area contributed by atoms with Gasteiger partial charge in [0.05, 0.1) is 0 Å². The second-order valence-corrected chi connectivity index (χ2v) is 21.2. The molecule has 0 bridgehead atoms. The van der Waals surface area contributed by atoms with Gasteiger partial charge in [-0.3, -0.25) is 0 Å². The lowest BCUT2D eigenvalue weighted by molar-refractivity contribution is 1.58. The zero-order chi connectivity index (χ0) is 61.3. The minimum atomic E-state index is 1.21. The normalized spacial score (nSPS) is 10.5. The van der Waals surface area contributed by atoms with Gasteiger partial charge < -0.3 is 0 Å². The number of benzene rings is 14. The van der Waals surface area contributed by atoms with Crippen LogP contribution in [0, 0.1) is 0 Å². The first kappa shape index (κ1) is 61.4. The summed E-state index contributed by atoms with van der Waals surface area (Å²) in [6.45, 7) is 0. The summed E-state index contributed by atoms with van der Waals surface area (Å²) in [5.74, 6) is 0. The van der Waals surface area contributed by atoms with Crippen LogP contribution < -0.4 is 0 Å². The van der Waals surface area contributed by atoms with E-state index in [1.807, 2.05) is 84.9 Å². The highest BCUT2D eigenvalue weighted by molar-refractivity contribution is 5.76. The van der Waals surface area contributed by atoms with Crippen LogP contribution in [0.4, 0.5) is 0 Å². The van der Waals surface area contributed by atoms with Crippen LogP contribution in [0.1, 0.15) is 33.4 Å². The molecule has 14 aromatic carbocycles. The van der Waals surface area contributed by atoms with Gasteiger partial charge in [0, 0.05) is 0 Å². The van der Waals surface area contributed by atoms with E-state index in [-0.39, 0.29) is 0 Å². The van der Waals surface area contributed by atoms with Crippen LogP contribution in [0.2, 0.25) is 0 Å². The summed E-state index contributed by atoms with van der Waals surface area (Å²) in [6, 6.07) is 139. The molecule has 0 amide bonds. The molecular formula is C90H72. The van der Waals surface area contributed by atoms with Crippen molar-refractivity contribution in [1.29, 1.82) is 0 Å². The Balaban J connectivity index is 0.000000126. The summed E-state index contributed by atoms with van der Waals surface area (Å²) in [6.07, 6.45) is 12.8. The lowest BCUT2D eigenvalue weighted by Crippen LogP contribution is -1.81. The van der Waals surface area contributed by atoms with Crippen LogP contribution in [-0.4, -0.2) is 0 Å². The molecule has 0 saturated heterocycles. The first-order valence-corrected chi connectivity index (χ1v) is 30.6. The molecule has 0 radical (unpaired) electrons. The van der Waals surface area contributed by atoms with Gasteiger partial charge in [-0.15, -0.1) is 0 Å². The Labute approximate surface area is 533 Å². The Morgan fingerprint density at radius 1 is 0.0889 bits per heavy atom. The predicted molar refractivity (Wildman–Crippen MR) is 391 cm³/mol. The second-order valence-electron chi connectivity index (χ2n) is 21.2. The van der Waals surface area contributed by atoms with Crippen LogP contribution in [0.3, 0.4) is 0 Å². The largest absolute Gasteiger partial charge is 0.0622 e. The van der Waals surface area contributed by atoms with Crippen molar-refractivity contribution in [3.05, 3.63) is 434 Å². The van der Waals surface area contributed by atoms with Crippen molar-refractivity contribution in [2.75, 3.05) is 0 Å². The first-order valence-electron chi connectivity index (χ1n) is 30.6. The fourth-order valence-corrected chi connectivity index (χ4v) is 9.90. The molecule has 90 heavy (non-hydrogen) atoms. The van der Waals surface area contributed by atoms with Crippen LogP contribution in [0.5, 0.6) is 0 Å². The van der Waals surface area contributed by atoms with E-state index < -0.39 is 0 Å². The lowest BCUT2D eigenvalue weighted by atomic mass is 9.98. The average Bonchev–Trinajstić information content (AvgIpc) is 2.61. The molecule has 0 aromatic heterocycles. The summed E-state index contributed by atoms with van der Waals surface area (Å²) < 4.78 is 0. The minimum absolute atomic E-state index is 1.21. The Kier molecular flexibility index (Phi) is 23.5. The summed E-state index contributed by atoms with van der Waals surface area (Å²) in [4.78, 5) is 0. The van der Waals surface area contributed by atoms with Gasteiger partial charge in [-0.05, 0) is 100 Å². The van der Waals surface area contributed by atoms with Gasteiger partial charge in [-0.1, -0.05) is 437 Å². The van der Waals surface area contributed by atoms with Crippen molar-refractivity contribution in [2.45, 2.75) is 0 Å². The topological polar surface area (TPSA) is 0 Å². The fourth-order valence-electron chi connectivity index (χ4n) is 9.90. The van der Waals surface area contributed by atoms with Crippen molar-refractivity contribution in [2.24, 2.45) is 0 Å². The molecule has 14 aromatic rings. The molecule has 432 valence electrons. The van der Waals surface area contributed by atoms with Crippen molar-refractivity contribution >= 4 is 36.5 Å². The average molecular weight is 1150 g/mol. The maximum atomic E-state index is 2.19. The molecule has 0 heterocycles. The molecule has 0 aliphatic carbocycles. The fraction of sp³-hybridized carbons (Fsp3) is 0. The van der Waals surface area contributed by atoms with Gasteiger partial charge in [0.15, 0.2) is 0 Å². The van der Waals surface area contributed by atoms with Crippen molar-refractivity contribution < 1.29 is 0 Å². The molecule has 0 aliphatic rings. The minimum Gasteiger partial charge on any atom is -0.0622 e. The van der Waals surface area contributed by atoms with Crippen LogP contribution >= 0.6 is 0 Å². The van der Waals surface area contributed by atoms with E-state index in [1.165, 1.54) is 100 Å². The molecule has 14 rings (SSSR count). The number of hydrogen-bond donors (Lipinski definition) is 0. The summed E-state index contributed by atoms with van der Waals surface area (Å²) >= 11 is 0. The second kappa shape index (κ2) is 34.4. The molecule has 0 atom stereocenters. The molecule has 0 heteroatoms. The molecule has 0 aliphatic heterocycles. The molecule has 0 N–H and O–H groups in total. The quantitative estimate of drug-likeness (QED) is 0.107. The molecule has 0 spiro atoms. The van der Waals surface area contributed by atoms with Gasteiger partial charge in [0.2, 0.25) is 0 Å². The summed E-state index contributed by atoms with van der Waals surface area (Å²) in [7, 11) is 0. The highest BCUT2D eigenvalue weighted by atomic mass is 14.1. The van der Waals surface area contributed by atoms with Crippen LogP contribution in [0.25, 0.3) is 103 Å². The van der Waals surface area contributed by atoms with E-state index >= 15 is 0 Å². The van der Waals surface area contributed by atoms with Crippen LogP contribution in [-0.2, 0) is 0 Å². The molecular weight excluding hydrogens is 1080 g/mol. The Bertz CT molecular complexity index is 4020. The van der Waals surface area contributed by atoms with Gasteiger partial charge in [0.1, 0.15) is 0 Å². The molecule has 0 saturated carbocycles. The Morgan fingerprint density at radius 3 is 0.322 bits per heavy atom. The van der Waals surface area contributed by atoms with E-state index in [1.54, 1.807) is 0 Å². The third kappa shape index (κ3) is 19.9. The zero-order valence-electron chi connectivity index (χ0n) is 50.6. The first-order chi connectivity index (χ1) is 44.6. The third-order valence-electron chi connectivity index (χ3n) is 14.8. The third-order valence-corrected chi connectivity index (χ3v) is 14.8. The van der Waals surface area contributed by atoms with Crippen molar-refractivity contribution in [1.82, 2.24) is 0 Å². The summed E-state index contributed by atoms with van der Waals surface area (Å²) in [5.41, 5.74) is 22.4. The predicted octanol–water partition coefficient (Wildman–Crippen LogP) is 24.9. The van der Waals surface area contributed by atoms with E-state index in [9.17, 15) is 0 Å². The maximum Gasteiger partial charge on any atom is -0.0184 e.